The van der Waals surface area contributed by atoms with Crippen LogP contribution in [0.5, 0.6) is 5.75 Å². The number of carbonyl (C=O) groups is 4. The third-order valence-electron chi connectivity index (χ3n) is 9.67. The number of nitrogens with zero attached hydrogens (tertiary/aromatic N) is 2. The highest BCUT2D eigenvalue weighted by atomic mass is 35.5. The summed E-state index contributed by atoms with van der Waals surface area (Å²) in [5.41, 5.74) is 6.33. The van der Waals surface area contributed by atoms with Gasteiger partial charge < -0.3 is 9.64 Å². The number of halogens is 1. The fraction of sp³-hybridized carbons (Fsp3) is 0.222. The van der Waals surface area contributed by atoms with E-state index in [0.29, 0.717) is 16.4 Å². The van der Waals surface area contributed by atoms with E-state index >= 15 is 0 Å². The van der Waals surface area contributed by atoms with Crippen molar-refractivity contribution in [3.05, 3.63) is 124 Å². The van der Waals surface area contributed by atoms with Crippen molar-refractivity contribution in [2.24, 2.45) is 17.8 Å². The summed E-state index contributed by atoms with van der Waals surface area (Å²) >= 11 is 6.26. The molecule has 3 atom stereocenters. The largest absolute Gasteiger partial charge is 0.426 e. The van der Waals surface area contributed by atoms with Gasteiger partial charge >= 0.3 is 5.97 Å². The van der Waals surface area contributed by atoms with Crippen LogP contribution in [0.25, 0.3) is 0 Å². The Morgan fingerprint density at radius 3 is 1.91 bits per heavy atom. The van der Waals surface area contributed by atoms with Crippen LogP contribution in [0, 0.1) is 24.7 Å². The zero-order valence-corrected chi connectivity index (χ0v) is 24.5. The molecule has 3 amide bonds. The van der Waals surface area contributed by atoms with Crippen LogP contribution in [-0.2, 0) is 19.2 Å². The molecule has 0 unspecified atom stereocenters. The van der Waals surface area contributed by atoms with Crippen LogP contribution < -0.4 is 14.5 Å². The minimum Gasteiger partial charge on any atom is -0.426 e. The van der Waals surface area contributed by atoms with Gasteiger partial charge in [-0.3, -0.25) is 19.2 Å². The number of ether oxygens (including phenoxy) is 1. The van der Waals surface area contributed by atoms with Crippen LogP contribution in [0.4, 0.5) is 11.4 Å². The summed E-state index contributed by atoms with van der Waals surface area (Å²) < 4.78 is 5.73. The number of esters is 1. The van der Waals surface area contributed by atoms with E-state index in [1.807, 2.05) is 37.3 Å². The number of benzene rings is 4. The molecule has 2 aliphatic heterocycles. The Morgan fingerprint density at radius 1 is 0.750 bits per heavy atom. The highest BCUT2D eigenvalue weighted by molar-refractivity contribution is 6.31. The Morgan fingerprint density at radius 2 is 1.34 bits per heavy atom. The van der Waals surface area contributed by atoms with E-state index < -0.39 is 23.7 Å². The van der Waals surface area contributed by atoms with Crippen molar-refractivity contribution in [3.8, 4) is 5.75 Å². The second kappa shape index (κ2) is 9.89. The van der Waals surface area contributed by atoms with Gasteiger partial charge in [-0.2, -0.15) is 0 Å². The highest BCUT2D eigenvalue weighted by Gasteiger charge is 2.61. The molecule has 0 aromatic heterocycles. The maximum atomic E-state index is 14.1. The normalized spacial score (nSPS) is 24.8. The first-order valence-corrected chi connectivity index (χ1v) is 15.1. The quantitative estimate of drug-likeness (QED) is 0.162. The monoisotopic (exact) mass is 602 g/mol. The molecular weight excluding hydrogens is 576 g/mol. The minimum absolute atomic E-state index is 0.0143. The van der Waals surface area contributed by atoms with E-state index in [1.54, 1.807) is 41.3 Å². The molecule has 3 aliphatic carbocycles. The standard InChI is InChI=1S/C36H27ClN2O5/c1-19-13-14-21(17-28(19)37)38-18-20(15-29(38)40)36(43)44-23-8-6-7-22(16-23)39-34(41)32-30-24-9-2-3-10-25(24)31(33(32)35(39)42)27-12-5-4-11-26(27)30/h2-14,16-17,20,30-33H,15,18H2,1H3/t20-,30?,31?,32-,33-/m1/s1. The molecule has 2 saturated heterocycles. The lowest BCUT2D eigenvalue weighted by molar-refractivity contribution is -0.139. The lowest BCUT2D eigenvalue weighted by atomic mass is 9.55. The zero-order valence-electron chi connectivity index (χ0n) is 23.8. The molecule has 5 aliphatic rings. The molecule has 2 bridgehead atoms. The number of hydrogen-bond donors (Lipinski definition) is 0. The predicted molar refractivity (Wildman–Crippen MR) is 165 cm³/mol. The number of anilines is 2. The fourth-order valence-electron chi connectivity index (χ4n) is 7.68. The third kappa shape index (κ3) is 3.88. The molecule has 2 heterocycles. The van der Waals surface area contributed by atoms with Crippen LogP contribution >= 0.6 is 11.6 Å². The maximum absolute atomic E-state index is 14.1. The maximum Gasteiger partial charge on any atom is 0.316 e. The van der Waals surface area contributed by atoms with Crippen molar-refractivity contribution in [3.63, 3.8) is 0 Å². The number of aryl methyl sites for hydroxylation is 1. The first kappa shape index (κ1) is 26.8. The van der Waals surface area contributed by atoms with Crippen LogP contribution in [0.2, 0.25) is 5.02 Å². The van der Waals surface area contributed by atoms with E-state index in [-0.39, 0.29) is 48.3 Å². The number of amides is 3. The summed E-state index contributed by atoms with van der Waals surface area (Å²) in [4.78, 5) is 57.0. The lowest BCUT2D eigenvalue weighted by Gasteiger charge is -2.45. The van der Waals surface area contributed by atoms with Gasteiger partial charge in [0.25, 0.3) is 0 Å². The molecule has 2 fully saturated rings. The topological polar surface area (TPSA) is 84.0 Å². The number of hydrogen-bond acceptors (Lipinski definition) is 5. The summed E-state index contributed by atoms with van der Waals surface area (Å²) in [6.45, 7) is 2.05. The number of rotatable bonds is 4. The van der Waals surface area contributed by atoms with E-state index in [4.69, 9.17) is 16.3 Å². The van der Waals surface area contributed by atoms with Gasteiger partial charge in [-0.15, -0.1) is 0 Å². The molecule has 0 spiro atoms. The van der Waals surface area contributed by atoms with Crippen molar-refractivity contribution >= 4 is 46.7 Å². The van der Waals surface area contributed by atoms with Crippen molar-refractivity contribution in [2.75, 3.05) is 16.3 Å². The van der Waals surface area contributed by atoms with Crippen LogP contribution in [0.15, 0.2) is 91.0 Å². The number of carbonyl (C=O) groups excluding carboxylic acids is 4. The van der Waals surface area contributed by atoms with Crippen molar-refractivity contribution in [1.29, 1.82) is 0 Å². The summed E-state index contributed by atoms with van der Waals surface area (Å²) in [5, 5.41) is 0.546. The van der Waals surface area contributed by atoms with Gasteiger partial charge in [0, 0.05) is 41.6 Å². The fourth-order valence-corrected chi connectivity index (χ4v) is 7.86. The average Bonchev–Trinajstić information content (AvgIpc) is 3.55. The SMILES string of the molecule is Cc1ccc(N2C[C@H](C(=O)Oc3cccc(N4C(=O)[C@@H]5C6c7ccccc7C(c7ccccc76)[C@H]5C4=O)c3)CC2=O)cc1Cl. The van der Waals surface area contributed by atoms with Gasteiger partial charge in [0.1, 0.15) is 5.75 Å². The summed E-state index contributed by atoms with van der Waals surface area (Å²) in [7, 11) is 0. The smallest absolute Gasteiger partial charge is 0.316 e. The molecule has 7 nitrogen and oxygen atoms in total. The molecule has 8 heteroatoms. The predicted octanol–water partition coefficient (Wildman–Crippen LogP) is 6.00. The lowest BCUT2D eigenvalue weighted by Crippen LogP contribution is -2.41. The molecule has 0 radical (unpaired) electrons. The van der Waals surface area contributed by atoms with Crippen LogP contribution in [0.1, 0.15) is 46.1 Å². The number of imide groups is 1. The summed E-state index contributed by atoms with van der Waals surface area (Å²) in [6.07, 6.45) is 0.0143. The van der Waals surface area contributed by atoms with Crippen LogP contribution in [0.3, 0.4) is 0 Å². The van der Waals surface area contributed by atoms with Gasteiger partial charge in [0.2, 0.25) is 17.7 Å². The first-order valence-electron chi connectivity index (χ1n) is 14.8. The Hall–Kier alpha value is -4.75. The first-order chi connectivity index (χ1) is 21.3. The van der Waals surface area contributed by atoms with Crippen molar-refractivity contribution in [2.45, 2.75) is 25.2 Å². The van der Waals surface area contributed by atoms with Crippen LogP contribution in [-0.4, -0.2) is 30.2 Å². The molecule has 4 aromatic carbocycles. The van der Waals surface area contributed by atoms with Gasteiger partial charge in [0.15, 0.2) is 0 Å². The minimum atomic E-state index is -0.670. The average molecular weight is 603 g/mol. The summed E-state index contributed by atoms with van der Waals surface area (Å²) in [5.74, 6) is -3.09. The van der Waals surface area contributed by atoms with Crippen molar-refractivity contribution in [1.82, 2.24) is 0 Å². The molecular formula is C36H27ClN2O5. The Labute approximate surface area is 259 Å². The zero-order chi connectivity index (χ0) is 30.3. The highest BCUT2D eigenvalue weighted by Crippen LogP contribution is 2.61. The molecule has 0 saturated carbocycles. The van der Waals surface area contributed by atoms with Gasteiger partial charge in [0.05, 0.1) is 23.4 Å². The second-order valence-electron chi connectivity index (χ2n) is 12.0. The third-order valence-corrected chi connectivity index (χ3v) is 10.1. The van der Waals surface area contributed by atoms with E-state index in [0.717, 1.165) is 27.8 Å². The van der Waals surface area contributed by atoms with Gasteiger partial charge in [-0.05, 0) is 59.0 Å². The van der Waals surface area contributed by atoms with Crippen molar-refractivity contribution < 1.29 is 23.9 Å². The molecule has 218 valence electrons. The Bertz CT molecular complexity index is 1800. The van der Waals surface area contributed by atoms with Gasteiger partial charge in [-0.1, -0.05) is 72.3 Å². The Balaban J connectivity index is 1.05. The molecule has 0 N–H and O–H groups in total. The summed E-state index contributed by atoms with van der Waals surface area (Å²) in [6, 6.07) is 28.1. The molecule has 44 heavy (non-hydrogen) atoms. The Kier molecular flexibility index (Phi) is 6.04. The van der Waals surface area contributed by atoms with E-state index in [1.165, 1.54) is 4.90 Å². The van der Waals surface area contributed by atoms with E-state index in [2.05, 4.69) is 24.3 Å². The molecule has 4 aromatic rings. The molecule has 9 rings (SSSR count). The van der Waals surface area contributed by atoms with Gasteiger partial charge in [-0.25, -0.2) is 4.90 Å². The second-order valence-corrected chi connectivity index (χ2v) is 12.4. The van der Waals surface area contributed by atoms with E-state index in [9.17, 15) is 19.2 Å².